The standard InChI is InChI=1S/C13H17NO2/c15-12(16)13(6-3-7-13)11-8-9-4-1-2-5-10(9)14-11/h8,14H,1-7H2,(H,15,16). The SMILES string of the molecule is O=C(O)C1(c2cc3c([nH]2)CCCC3)CCC1. The average molecular weight is 219 g/mol. The monoisotopic (exact) mass is 219 g/mol. The number of carboxylic acids is 1. The average Bonchev–Trinajstić information content (AvgIpc) is 2.58. The summed E-state index contributed by atoms with van der Waals surface area (Å²) in [4.78, 5) is 14.8. The van der Waals surface area contributed by atoms with Crippen molar-refractivity contribution in [1.29, 1.82) is 0 Å². The molecule has 3 nitrogen and oxygen atoms in total. The Kier molecular flexibility index (Phi) is 2.09. The topological polar surface area (TPSA) is 53.1 Å². The summed E-state index contributed by atoms with van der Waals surface area (Å²) in [7, 11) is 0. The van der Waals surface area contributed by atoms with E-state index in [1.54, 1.807) is 0 Å². The molecule has 1 saturated carbocycles. The number of carbonyl (C=O) groups is 1. The van der Waals surface area contributed by atoms with Crippen molar-refractivity contribution >= 4 is 5.97 Å². The first-order valence-corrected chi connectivity index (χ1v) is 6.17. The molecule has 2 aliphatic rings. The van der Waals surface area contributed by atoms with Gasteiger partial charge >= 0.3 is 5.97 Å². The lowest BCUT2D eigenvalue weighted by atomic mass is 9.66. The Labute approximate surface area is 94.9 Å². The maximum Gasteiger partial charge on any atom is 0.315 e. The van der Waals surface area contributed by atoms with Crippen LogP contribution in [0.5, 0.6) is 0 Å². The van der Waals surface area contributed by atoms with Crippen molar-refractivity contribution in [2.45, 2.75) is 50.4 Å². The minimum Gasteiger partial charge on any atom is -0.481 e. The Bertz CT molecular complexity index is 406. The molecular weight excluding hydrogens is 202 g/mol. The van der Waals surface area contributed by atoms with Gasteiger partial charge in [0.15, 0.2) is 0 Å². The molecule has 2 N–H and O–H groups in total. The van der Waals surface area contributed by atoms with Gasteiger partial charge in [-0.15, -0.1) is 0 Å². The van der Waals surface area contributed by atoms with Crippen molar-refractivity contribution in [2.24, 2.45) is 0 Å². The number of aliphatic carboxylic acids is 1. The first kappa shape index (κ1) is 9.94. The van der Waals surface area contributed by atoms with Crippen LogP contribution in [0.1, 0.15) is 49.1 Å². The summed E-state index contributed by atoms with van der Waals surface area (Å²) in [6.45, 7) is 0. The smallest absolute Gasteiger partial charge is 0.315 e. The molecule has 0 unspecified atom stereocenters. The first-order chi connectivity index (χ1) is 7.72. The second-order valence-corrected chi connectivity index (χ2v) is 5.13. The summed E-state index contributed by atoms with van der Waals surface area (Å²) < 4.78 is 0. The summed E-state index contributed by atoms with van der Waals surface area (Å²) in [6, 6.07) is 2.11. The number of aromatic amines is 1. The number of hydrogen-bond acceptors (Lipinski definition) is 1. The highest BCUT2D eigenvalue weighted by atomic mass is 16.4. The minimum absolute atomic E-state index is 0.586. The summed E-state index contributed by atoms with van der Waals surface area (Å²) >= 11 is 0. The third-order valence-electron chi connectivity index (χ3n) is 4.25. The zero-order chi connectivity index (χ0) is 11.2. The van der Waals surface area contributed by atoms with Gasteiger partial charge < -0.3 is 10.1 Å². The zero-order valence-corrected chi connectivity index (χ0v) is 9.38. The number of carboxylic acid groups (broad SMARTS) is 1. The van der Waals surface area contributed by atoms with E-state index in [9.17, 15) is 9.90 Å². The maximum atomic E-state index is 11.4. The second kappa shape index (κ2) is 3.37. The van der Waals surface area contributed by atoms with Gasteiger partial charge in [0.05, 0.1) is 0 Å². The van der Waals surface area contributed by atoms with Gasteiger partial charge in [-0.1, -0.05) is 6.42 Å². The van der Waals surface area contributed by atoms with Crippen molar-refractivity contribution in [1.82, 2.24) is 4.98 Å². The zero-order valence-electron chi connectivity index (χ0n) is 9.38. The predicted molar refractivity (Wildman–Crippen MR) is 60.6 cm³/mol. The fourth-order valence-electron chi connectivity index (χ4n) is 2.99. The Morgan fingerprint density at radius 3 is 2.56 bits per heavy atom. The van der Waals surface area contributed by atoms with Crippen LogP contribution >= 0.6 is 0 Å². The molecule has 1 fully saturated rings. The summed E-state index contributed by atoms with van der Waals surface area (Å²) in [5, 5.41) is 9.38. The molecule has 0 spiro atoms. The van der Waals surface area contributed by atoms with E-state index >= 15 is 0 Å². The van der Waals surface area contributed by atoms with E-state index in [2.05, 4.69) is 11.1 Å². The van der Waals surface area contributed by atoms with Crippen LogP contribution in [0.4, 0.5) is 0 Å². The van der Waals surface area contributed by atoms with Crippen LogP contribution in [0.25, 0.3) is 0 Å². The van der Waals surface area contributed by atoms with Crippen LogP contribution in [0, 0.1) is 0 Å². The van der Waals surface area contributed by atoms with Crippen molar-refractivity contribution in [3.05, 3.63) is 23.0 Å². The number of fused-ring (bicyclic) bond motifs is 1. The summed E-state index contributed by atoms with van der Waals surface area (Å²) in [5.41, 5.74) is 3.01. The molecule has 0 radical (unpaired) electrons. The largest absolute Gasteiger partial charge is 0.481 e. The number of nitrogens with one attached hydrogen (secondary N) is 1. The highest BCUT2D eigenvalue weighted by molar-refractivity contribution is 5.82. The molecule has 86 valence electrons. The molecule has 0 bridgehead atoms. The van der Waals surface area contributed by atoms with Crippen LogP contribution in [-0.2, 0) is 23.1 Å². The van der Waals surface area contributed by atoms with Gasteiger partial charge in [0.25, 0.3) is 0 Å². The van der Waals surface area contributed by atoms with Crippen LogP contribution in [0.2, 0.25) is 0 Å². The summed E-state index contributed by atoms with van der Waals surface area (Å²) in [6.07, 6.45) is 7.30. The van der Waals surface area contributed by atoms with Gasteiger partial charge in [-0.05, 0) is 50.2 Å². The van der Waals surface area contributed by atoms with Crippen LogP contribution in [0.3, 0.4) is 0 Å². The molecule has 3 heteroatoms. The molecule has 0 amide bonds. The Hall–Kier alpha value is -1.25. The fraction of sp³-hybridized carbons (Fsp3) is 0.615. The lowest BCUT2D eigenvalue weighted by Gasteiger charge is -2.36. The fourth-order valence-corrected chi connectivity index (χ4v) is 2.99. The molecule has 2 aliphatic carbocycles. The van der Waals surface area contributed by atoms with Crippen LogP contribution in [-0.4, -0.2) is 16.1 Å². The Morgan fingerprint density at radius 2 is 2.00 bits per heavy atom. The van der Waals surface area contributed by atoms with Gasteiger partial charge in [0.1, 0.15) is 5.41 Å². The van der Waals surface area contributed by atoms with E-state index in [0.29, 0.717) is 0 Å². The molecule has 0 aromatic carbocycles. The highest BCUT2D eigenvalue weighted by Gasteiger charge is 2.47. The maximum absolute atomic E-state index is 11.4. The third kappa shape index (κ3) is 1.24. The molecule has 0 atom stereocenters. The van der Waals surface area contributed by atoms with Crippen molar-refractivity contribution in [3.63, 3.8) is 0 Å². The van der Waals surface area contributed by atoms with Gasteiger partial charge in [0, 0.05) is 11.4 Å². The van der Waals surface area contributed by atoms with E-state index in [-0.39, 0.29) is 0 Å². The molecule has 0 saturated heterocycles. The summed E-state index contributed by atoms with van der Waals surface area (Å²) in [5.74, 6) is -0.655. The van der Waals surface area contributed by atoms with E-state index in [1.807, 2.05) is 0 Å². The normalized spacial score (nSPS) is 22.2. The Balaban J connectivity index is 1.99. The van der Waals surface area contributed by atoms with E-state index in [4.69, 9.17) is 0 Å². The van der Waals surface area contributed by atoms with Gasteiger partial charge in [0.2, 0.25) is 0 Å². The molecule has 3 rings (SSSR count). The third-order valence-corrected chi connectivity index (χ3v) is 4.25. The number of hydrogen-bond donors (Lipinski definition) is 2. The molecule has 16 heavy (non-hydrogen) atoms. The number of rotatable bonds is 2. The lowest BCUT2D eigenvalue weighted by Crippen LogP contribution is -2.42. The van der Waals surface area contributed by atoms with Crippen LogP contribution < -0.4 is 0 Å². The minimum atomic E-state index is -0.655. The van der Waals surface area contributed by atoms with Crippen molar-refractivity contribution in [2.75, 3.05) is 0 Å². The molecule has 1 aromatic rings. The molecule has 1 aromatic heterocycles. The van der Waals surface area contributed by atoms with E-state index in [1.165, 1.54) is 24.1 Å². The molecule has 0 aliphatic heterocycles. The molecular formula is C13H17NO2. The van der Waals surface area contributed by atoms with Crippen molar-refractivity contribution < 1.29 is 9.90 Å². The first-order valence-electron chi connectivity index (χ1n) is 6.17. The van der Waals surface area contributed by atoms with Crippen molar-refractivity contribution in [3.8, 4) is 0 Å². The lowest BCUT2D eigenvalue weighted by molar-refractivity contribution is -0.147. The van der Waals surface area contributed by atoms with E-state index in [0.717, 1.165) is 37.8 Å². The quantitative estimate of drug-likeness (QED) is 0.802. The molecule has 1 heterocycles. The number of H-pyrrole nitrogens is 1. The Morgan fingerprint density at radius 1 is 1.25 bits per heavy atom. The van der Waals surface area contributed by atoms with E-state index < -0.39 is 11.4 Å². The van der Waals surface area contributed by atoms with Gasteiger partial charge in [-0.2, -0.15) is 0 Å². The van der Waals surface area contributed by atoms with Gasteiger partial charge in [-0.3, -0.25) is 4.79 Å². The predicted octanol–water partition coefficient (Wildman–Crippen LogP) is 2.40. The number of aryl methyl sites for hydroxylation is 2. The number of aromatic nitrogens is 1. The van der Waals surface area contributed by atoms with Gasteiger partial charge in [-0.25, -0.2) is 0 Å². The highest BCUT2D eigenvalue weighted by Crippen LogP contribution is 2.44. The second-order valence-electron chi connectivity index (χ2n) is 5.13. The van der Waals surface area contributed by atoms with Crippen LogP contribution in [0.15, 0.2) is 6.07 Å².